The first-order valence-corrected chi connectivity index (χ1v) is 7.41. The fourth-order valence-corrected chi connectivity index (χ4v) is 1.68. The van der Waals surface area contributed by atoms with Crippen LogP contribution in [0.1, 0.15) is 26.3 Å². The number of nitrogens with zero attached hydrogens (tertiary/aromatic N) is 1. The topological polar surface area (TPSA) is 88.7 Å². The number of guanidine groups is 1. The molecule has 0 radical (unpaired) electrons. The molecule has 1 amide bonds. The number of amides is 1. The number of hydrogen-bond acceptors (Lipinski definition) is 3. The molecule has 0 saturated carbocycles. The van der Waals surface area contributed by atoms with Gasteiger partial charge in [0.1, 0.15) is 5.60 Å². The summed E-state index contributed by atoms with van der Waals surface area (Å²) in [4.78, 5) is 15.6. The summed E-state index contributed by atoms with van der Waals surface area (Å²) in [5.41, 5.74) is 6.49. The summed E-state index contributed by atoms with van der Waals surface area (Å²) in [6, 6.07) is 10.1. The van der Waals surface area contributed by atoms with Crippen LogP contribution in [0, 0.1) is 0 Å². The van der Waals surface area contributed by atoms with Crippen molar-refractivity contribution in [1.82, 2.24) is 10.6 Å². The van der Waals surface area contributed by atoms with Crippen molar-refractivity contribution in [2.45, 2.75) is 32.8 Å². The molecule has 6 heteroatoms. The Labute approximate surface area is 132 Å². The first-order chi connectivity index (χ1) is 10.4. The molecule has 0 heterocycles. The molecular weight excluding hydrogens is 280 g/mol. The molecule has 0 aromatic heterocycles. The predicted molar refractivity (Wildman–Crippen MR) is 88.9 cm³/mol. The minimum Gasteiger partial charge on any atom is -0.444 e. The minimum absolute atomic E-state index is 0.377. The Hall–Kier alpha value is -2.24. The van der Waals surface area contributed by atoms with Crippen LogP contribution in [0.15, 0.2) is 35.3 Å². The van der Waals surface area contributed by atoms with Crippen molar-refractivity contribution >= 4 is 12.1 Å². The van der Waals surface area contributed by atoms with Crippen LogP contribution in [-0.2, 0) is 11.2 Å². The molecule has 0 bridgehead atoms. The Morgan fingerprint density at radius 2 is 1.82 bits per heavy atom. The Morgan fingerprint density at radius 1 is 1.18 bits per heavy atom. The zero-order valence-corrected chi connectivity index (χ0v) is 13.6. The summed E-state index contributed by atoms with van der Waals surface area (Å²) < 4.78 is 5.12. The molecule has 122 valence electrons. The molecule has 0 fully saturated rings. The summed E-state index contributed by atoms with van der Waals surface area (Å²) >= 11 is 0. The number of carbonyl (C=O) groups excluding carboxylic acids is 1. The van der Waals surface area contributed by atoms with E-state index in [-0.39, 0.29) is 0 Å². The van der Waals surface area contributed by atoms with Gasteiger partial charge in [-0.15, -0.1) is 0 Å². The Balaban J connectivity index is 2.13. The standard InChI is InChI=1S/C16H26N4O2/c1-16(2,3)22-15(21)20-12-11-19-14(17)18-10-9-13-7-5-4-6-8-13/h4-8H,9-12H2,1-3H3,(H,20,21)(H3,17,18,19). The van der Waals surface area contributed by atoms with Crippen LogP contribution < -0.4 is 16.4 Å². The summed E-state index contributed by atoms with van der Waals surface area (Å²) in [5.74, 6) is 0.377. The van der Waals surface area contributed by atoms with Crippen LogP contribution in [0.25, 0.3) is 0 Å². The molecule has 1 rings (SSSR count). The van der Waals surface area contributed by atoms with Crippen molar-refractivity contribution in [2.24, 2.45) is 10.7 Å². The summed E-state index contributed by atoms with van der Waals surface area (Å²) in [5, 5.41) is 5.59. The smallest absolute Gasteiger partial charge is 0.407 e. The third-order valence-electron chi connectivity index (χ3n) is 2.62. The number of hydrogen-bond donors (Lipinski definition) is 3. The van der Waals surface area contributed by atoms with Crippen LogP contribution in [0.2, 0.25) is 0 Å². The first-order valence-electron chi connectivity index (χ1n) is 7.41. The van der Waals surface area contributed by atoms with E-state index in [1.54, 1.807) is 0 Å². The van der Waals surface area contributed by atoms with Gasteiger partial charge >= 0.3 is 6.09 Å². The van der Waals surface area contributed by atoms with E-state index in [4.69, 9.17) is 10.5 Å². The van der Waals surface area contributed by atoms with Gasteiger partial charge in [-0.2, -0.15) is 0 Å². The lowest BCUT2D eigenvalue weighted by Gasteiger charge is -2.19. The molecule has 0 atom stereocenters. The normalized spacial score (nSPS) is 11.9. The number of nitrogens with one attached hydrogen (secondary N) is 2. The maximum atomic E-state index is 11.4. The second-order valence-corrected chi connectivity index (χ2v) is 5.86. The largest absolute Gasteiger partial charge is 0.444 e. The summed E-state index contributed by atoms with van der Waals surface area (Å²) in [6.45, 7) is 7.01. The molecule has 0 unspecified atom stereocenters. The van der Waals surface area contributed by atoms with Gasteiger partial charge in [0.2, 0.25) is 0 Å². The van der Waals surface area contributed by atoms with Crippen molar-refractivity contribution in [3.05, 3.63) is 35.9 Å². The van der Waals surface area contributed by atoms with Crippen molar-refractivity contribution in [3.63, 3.8) is 0 Å². The fraction of sp³-hybridized carbons (Fsp3) is 0.500. The molecule has 0 aliphatic heterocycles. The quantitative estimate of drug-likeness (QED) is 0.424. The molecule has 4 N–H and O–H groups in total. The van der Waals surface area contributed by atoms with Crippen molar-refractivity contribution in [3.8, 4) is 0 Å². The third-order valence-corrected chi connectivity index (χ3v) is 2.62. The van der Waals surface area contributed by atoms with Crippen molar-refractivity contribution in [2.75, 3.05) is 19.6 Å². The molecule has 6 nitrogen and oxygen atoms in total. The molecular formula is C16H26N4O2. The van der Waals surface area contributed by atoms with E-state index < -0.39 is 11.7 Å². The number of aliphatic imine (C=N–C) groups is 1. The van der Waals surface area contributed by atoms with Crippen molar-refractivity contribution in [1.29, 1.82) is 0 Å². The predicted octanol–water partition coefficient (Wildman–Crippen LogP) is 1.66. The van der Waals surface area contributed by atoms with Gasteiger partial charge in [-0.3, -0.25) is 4.99 Å². The lowest BCUT2D eigenvalue weighted by Crippen LogP contribution is -2.40. The van der Waals surface area contributed by atoms with Crippen LogP contribution in [-0.4, -0.2) is 37.3 Å². The van der Waals surface area contributed by atoms with Crippen molar-refractivity contribution < 1.29 is 9.53 Å². The highest BCUT2D eigenvalue weighted by molar-refractivity contribution is 5.77. The zero-order chi connectivity index (χ0) is 16.4. The van der Waals surface area contributed by atoms with Crippen LogP contribution in [0.4, 0.5) is 4.79 Å². The van der Waals surface area contributed by atoms with E-state index in [9.17, 15) is 4.79 Å². The second-order valence-electron chi connectivity index (χ2n) is 5.86. The average molecular weight is 306 g/mol. The minimum atomic E-state index is -0.491. The zero-order valence-electron chi connectivity index (χ0n) is 13.6. The monoisotopic (exact) mass is 306 g/mol. The highest BCUT2D eigenvalue weighted by Crippen LogP contribution is 2.05. The number of rotatable bonds is 6. The number of benzene rings is 1. The number of alkyl carbamates (subject to hydrolysis) is 1. The Morgan fingerprint density at radius 3 is 2.45 bits per heavy atom. The highest BCUT2D eigenvalue weighted by atomic mass is 16.6. The molecule has 0 saturated heterocycles. The maximum Gasteiger partial charge on any atom is 0.407 e. The van der Waals surface area contributed by atoms with E-state index in [0.717, 1.165) is 6.42 Å². The van der Waals surface area contributed by atoms with E-state index in [2.05, 4.69) is 27.8 Å². The van der Waals surface area contributed by atoms with Gasteiger partial charge in [-0.25, -0.2) is 4.79 Å². The van der Waals surface area contributed by atoms with Gasteiger partial charge in [0.15, 0.2) is 5.96 Å². The molecule has 0 aliphatic rings. The SMILES string of the molecule is CC(C)(C)OC(=O)NCCNC(N)=NCCc1ccccc1. The molecule has 1 aromatic rings. The van der Waals surface area contributed by atoms with Gasteiger partial charge in [0, 0.05) is 19.6 Å². The highest BCUT2D eigenvalue weighted by Gasteiger charge is 2.15. The molecule has 0 aliphatic carbocycles. The van der Waals surface area contributed by atoms with E-state index in [1.165, 1.54) is 5.56 Å². The van der Waals surface area contributed by atoms with Crippen LogP contribution in [0.3, 0.4) is 0 Å². The Kier molecular flexibility index (Phi) is 7.22. The van der Waals surface area contributed by atoms with Crippen LogP contribution >= 0.6 is 0 Å². The molecule has 22 heavy (non-hydrogen) atoms. The van der Waals surface area contributed by atoms with Gasteiger partial charge in [0.25, 0.3) is 0 Å². The third kappa shape index (κ3) is 8.84. The van der Waals surface area contributed by atoms with E-state index >= 15 is 0 Å². The van der Waals surface area contributed by atoms with Crippen LogP contribution in [0.5, 0.6) is 0 Å². The lowest BCUT2D eigenvalue weighted by molar-refractivity contribution is 0.0529. The lowest BCUT2D eigenvalue weighted by atomic mass is 10.2. The first kappa shape index (κ1) is 17.8. The number of ether oxygens (including phenoxy) is 1. The van der Waals surface area contributed by atoms with E-state index in [1.807, 2.05) is 39.0 Å². The second kappa shape index (κ2) is 8.92. The molecule has 1 aromatic carbocycles. The van der Waals surface area contributed by atoms with Gasteiger partial charge in [0.05, 0.1) is 0 Å². The van der Waals surface area contributed by atoms with E-state index in [0.29, 0.717) is 25.6 Å². The number of nitrogens with two attached hydrogens (primary N) is 1. The fourth-order valence-electron chi connectivity index (χ4n) is 1.68. The van der Waals surface area contributed by atoms with Gasteiger partial charge < -0.3 is 21.1 Å². The average Bonchev–Trinajstić information content (AvgIpc) is 2.43. The van der Waals surface area contributed by atoms with Gasteiger partial charge in [-0.05, 0) is 32.8 Å². The number of carbonyl (C=O) groups is 1. The summed E-state index contributed by atoms with van der Waals surface area (Å²) in [6.07, 6.45) is 0.410. The van der Waals surface area contributed by atoms with Gasteiger partial charge in [-0.1, -0.05) is 30.3 Å². The molecule has 0 spiro atoms. The summed E-state index contributed by atoms with van der Waals surface area (Å²) in [7, 11) is 0. The Bertz CT molecular complexity index is 481. The maximum absolute atomic E-state index is 11.4.